The molecular weight excluding hydrogens is 348 g/mol. The van der Waals surface area contributed by atoms with Crippen molar-refractivity contribution in [3.05, 3.63) is 35.4 Å². The van der Waals surface area contributed by atoms with Crippen LogP contribution in [0.2, 0.25) is 0 Å². The second-order valence-corrected chi connectivity index (χ2v) is 9.39. The molecule has 0 amide bonds. The first-order chi connectivity index (χ1) is 13.6. The Hall–Kier alpha value is -1.39. The quantitative estimate of drug-likeness (QED) is 0.666. The number of hydrogen-bond donors (Lipinski definition) is 1. The number of aliphatic imine (C=N–C) groups is 1. The van der Waals surface area contributed by atoms with Gasteiger partial charge in [-0.2, -0.15) is 0 Å². The molecule has 1 saturated carbocycles. The third-order valence-corrected chi connectivity index (χ3v) is 7.37. The van der Waals surface area contributed by atoms with E-state index in [2.05, 4.69) is 54.9 Å². The van der Waals surface area contributed by atoms with E-state index in [0.29, 0.717) is 23.9 Å². The smallest absolute Gasteiger partial charge is 0.157 e. The van der Waals surface area contributed by atoms with Crippen LogP contribution in [-0.2, 0) is 4.74 Å². The Morgan fingerprint density at radius 3 is 2.54 bits per heavy atom. The van der Waals surface area contributed by atoms with E-state index < -0.39 is 6.29 Å². The van der Waals surface area contributed by atoms with Crippen molar-refractivity contribution in [1.82, 2.24) is 4.90 Å². The van der Waals surface area contributed by atoms with Gasteiger partial charge in [-0.25, -0.2) is 0 Å². The molecule has 4 heteroatoms. The highest BCUT2D eigenvalue weighted by molar-refractivity contribution is 5.63. The number of aliphatic hydroxyl groups is 1. The van der Waals surface area contributed by atoms with Crippen LogP contribution in [0.15, 0.2) is 29.3 Å². The molecule has 4 unspecified atom stereocenters. The molecule has 0 radical (unpaired) electrons. The fraction of sp³-hybridized carbons (Fsp3) is 0.708. The van der Waals surface area contributed by atoms with Crippen LogP contribution in [0.1, 0.15) is 82.5 Å². The second kappa shape index (κ2) is 8.54. The van der Waals surface area contributed by atoms with Gasteiger partial charge in [-0.15, -0.1) is 0 Å². The van der Waals surface area contributed by atoms with E-state index in [9.17, 15) is 5.11 Å². The molecule has 4 rings (SSSR count). The number of ether oxygens (including phenoxy) is 1. The average Bonchev–Trinajstić information content (AvgIpc) is 3.30. The first-order valence-corrected chi connectivity index (χ1v) is 11.3. The summed E-state index contributed by atoms with van der Waals surface area (Å²) in [6.07, 6.45) is 8.74. The molecule has 1 aromatic rings. The van der Waals surface area contributed by atoms with Crippen LogP contribution in [0.4, 0.5) is 0 Å². The highest BCUT2D eigenvalue weighted by Gasteiger charge is 2.41. The molecule has 3 aliphatic rings. The molecule has 5 atom stereocenters. The molecule has 4 nitrogen and oxygen atoms in total. The topological polar surface area (TPSA) is 45.1 Å². The van der Waals surface area contributed by atoms with Crippen molar-refractivity contribution in [1.29, 1.82) is 0 Å². The van der Waals surface area contributed by atoms with Gasteiger partial charge in [-0.3, -0.25) is 4.99 Å². The molecule has 2 heterocycles. The number of benzene rings is 1. The van der Waals surface area contributed by atoms with E-state index in [1.165, 1.54) is 43.2 Å². The Kier molecular flexibility index (Phi) is 6.07. The highest BCUT2D eigenvalue weighted by Crippen LogP contribution is 2.47. The zero-order chi connectivity index (χ0) is 19.7. The molecule has 1 aliphatic carbocycles. The van der Waals surface area contributed by atoms with Gasteiger partial charge >= 0.3 is 0 Å². The zero-order valence-corrected chi connectivity index (χ0v) is 17.6. The summed E-state index contributed by atoms with van der Waals surface area (Å²) in [4.78, 5) is 6.99. The lowest BCUT2D eigenvalue weighted by Gasteiger charge is -2.37. The van der Waals surface area contributed by atoms with Gasteiger partial charge in [0.15, 0.2) is 6.29 Å². The Labute approximate surface area is 170 Å². The lowest BCUT2D eigenvalue weighted by Crippen LogP contribution is -2.37. The van der Waals surface area contributed by atoms with Crippen molar-refractivity contribution in [3.63, 3.8) is 0 Å². The monoisotopic (exact) mass is 384 g/mol. The van der Waals surface area contributed by atoms with Crippen LogP contribution in [0.3, 0.4) is 0 Å². The van der Waals surface area contributed by atoms with E-state index in [-0.39, 0.29) is 12.0 Å². The predicted molar refractivity (Wildman–Crippen MR) is 113 cm³/mol. The van der Waals surface area contributed by atoms with Gasteiger partial charge < -0.3 is 14.7 Å². The predicted octanol–water partition coefficient (Wildman–Crippen LogP) is 5.09. The highest BCUT2D eigenvalue weighted by atomic mass is 16.6. The van der Waals surface area contributed by atoms with Gasteiger partial charge in [-0.1, -0.05) is 64.3 Å². The lowest BCUT2D eigenvalue weighted by molar-refractivity contribution is -0.189. The summed E-state index contributed by atoms with van der Waals surface area (Å²) in [5.41, 5.74) is 2.85. The SMILES string of the molecule is CC(C)[C@H](C)C(O)OC(CC1c2ccccc2C2CN=CN21)C1CCCCC1. The number of hydrogen-bond acceptors (Lipinski definition) is 4. The van der Waals surface area contributed by atoms with Crippen molar-refractivity contribution in [2.75, 3.05) is 6.54 Å². The van der Waals surface area contributed by atoms with E-state index in [4.69, 9.17) is 4.74 Å². The molecule has 154 valence electrons. The maximum atomic E-state index is 10.8. The second-order valence-electron chi connectivity index (χ2n) is 9.39. The molecule has 1 N–H and O–H groups in total. The number of fused-ring (bicyclic) bond motifs is 3. The normalized spacial score (nSPS) is 27.7. The zero-order valence-electron chi connectivity index (χ0n) is 17.6. The average molecular weight is 385 g/mol. The standard InChI is InChI=1S/C24H36N2O2/c1-16(2)17(3)24(27)28-23(18-9-5-4-6-10-18)13-21-19-11-7-8-12-20(19)22-14-25-15-26(21)22/h7-8,11-12,15-18,21-24,27H,4-6,9-10,13-14H2,1-3H3/t17-,21?,22?,23?,24?/m0/s1. The number of aliphatic hydroxyl groups excluding tert-OH is 1. The Bertz CT molecular complexity index is 683. The fourth-order valence-corrected chi connectivity index (χ4v) is 5.22. The first-order valence-electron chi connectivity index (χ1n) is 11.3. The van der Waals surface area contributed by atoms with Crippen molar-refractivity contribution >= 4 is 6.34 Å². The molecular formula is C24H36N2O2. The molecule has 0 aromatic heterocycles. The van der Waals surface area contributed by atoms with Gasteiger partial charge in [0.05, 0.1) is 31.1 Å². The number of nitrogens with zero attached hydrogens (tertiary/aromatic N) is 2. The minimum Gasteiger partial charge on any atom is -0.368 e. The minimum absolute atomic E-state index is 0.0994. The maximum absolute atomic E-state index is 10.8. The third kappa shape index (κ3) is 3.86. The molecule has 2 aliphatic heterocycles. The van der Waals surface area contributed by atoms with Crippen LogP contribution in [0.25, 0.3) is 0 Å². The number of rotatable bonds is 7. The van der Waals surface area contributed by atoms with E-state index in [0.717, 1.165) is 13.0 Å². The third-order valence-electron chi connectivity index (χ3n) is 7.37. The summed E-state index contributed by atoms with van der Waals surface area (Å²) in [6.45, 7) is 7.27. The van der Waals surface area contributed by atoms with Crippen molar-refractivity contribution < 1.29 is 9.84 Å². The van der Waals surface area contributed by atoms with Gasteiger partial charge in [0.2, 0.25) is 0 Å². The largest absolute Gasteiger partial charge is 0.368 e. The minimum atomic E-state index is -0.688. The molecule has 0 saturated heterocycles. The fourth-order valence-electron chi connectivity index (χ4n) is 5.22. The van der Waals surface area contributed by atoms with Gasteiger partial charge in [0.25, 0.3) is 0 Å². The van der Waals surface area contributed by atoms with Gasteiger partial charge in [-0.05, 0) is 42.2 Å². The molecule has 1 aromatic carbocycles. The van der Waals surface area contributed by atoms with Crippen LogP contribution >= 0.6 is 0 Å². The van der Waals surface area contributed by atoms with Gasteiger partial charge in [0.1, 0.15) is 0 Å². The summed E-state index contributed by atoms with van der Waals surface area (Å²) >= 11 is 0. The van der Waals surface area contributed by atoms with E-state index in [1.807, 2.05) is 6.34 Å². The lowest BCUT2D eigenvalue weighted by atomic mass is 9.82. The summed E-state index contributed by atoms with van der Waals surface area (Å²) in [6, 6.07) is 9.51. The van der Waals surface area contributed by atoms with Crippen LogP contribution in [0, 0.1) is 17.8 Å². The van der Waals surface area contributed by atoms with Crippen LogP contribution in [-0.4, -0.2) is 35.3 Å². The van der Waals surface area contributed by atoms with Crippen LogP contribution in [0.5, 0.6) is 0 Å². The first kappa shape index (κ1) is 19.9. The van der Waals surface area contributed by atoms with Crippen molar-refractivity contribution in [3.8, 4) is 0 Å². The molecule has 1 fully saturated rings. The van der Waals surface area contributed by atoms with Gasteiger partial charge in [0, 0.05) is 5.92 Å². The Balaban J connectivity index is 1.55. The maximum Gasteiger partial charge on any atom is 0.157 e. The summed E-state index contributed by atoms with van der Waals surface area (Å²) < 4.78 is 6.42. The van der Waals surface area contributed by atoms with Crippen molar-refractivity contribution in [2.45, 2.75) is 83.8 Å². The van der Waals surface area contributed by atoms with E-state index in [1.54, 1.807) is 0 Å². The summed E-state index contributed by atoms with van der Waals surface area (Å²) in [7, 11) is 0. The Morgan fingerprint density at radius 1 is 1.11 bits per heavy atom. The molecule has 0 bridgehead atoms. The van der Waals surface area contributed by atoms with E-state index >= 15 is 0 Å². The molecule has 28 heavy (non-hydrogen) atoms. The summed E-state index contributed by atoms with van der Waals surface area (Å²) in [5, 5.41) is 10.8. The van der Waals surface area contributed by atoms with Crippen molar-refractivity contribution in [2.24, 2.45) is 22.7 Å². The van der Waals surface area contributed by atoms with Crippen LogP contribution < -0.4 is 0 Å². The Morgan fingerprint density at radius 2 is 1.82 bits per heavy atom. The molecule has 0 spiro atoms. The summed E-state index contributed by atoms with van der Waals surface area (Å²) in [5.74, 6) is 1.10.